The normalized spacial score (nSPS) is 11.5. The molecule has 0 saturated carbocycles. The minimum Gasteiger partial charge on any atom is -0.495 e. The molecule has 21 heavy (non-hydrogen) atoms. The largest absolute Gasteiger partial charge is 0.495 e. The van der Waals surface area contributed by atoms with E-state index in [1.165, 1.54) is 19.4 Å². The van der Waals surface area contributed by atoms with Crippen molar-refractivity contribution >= 4 is 38.1 Å². The van der Waals surface area contributed by atoms with Gasteiger partial charge in [0.2, 0.25) is 0 Å². The van der Waals surface area contributed by atoms with Gasteiger partial charge in [0.25, 0.3) is 10.0 Å². The van der Waals surface area contributed by atoms with E-state index in [0.29, 0.717) is 22.3 Å². The molecule has 0 unspecified atom stereocenters. The summed E-state index contributed by atoms with van der Waals surface area (Å²) in [5.74, 6) is 0.434. The minimum absolute atomic E-state index is 0.144. The van der Waals surface area contributed by atoms with Crippen molar-refractivity contribution in [3.05, 3.63) is 42.7 Å². The maximum absolute atomic E-state index is 12.4. The number of benzene rings is 1. The molecule has 2 aromatic heterocycles. The standard InChI is InChI=1S/C13H11N3O3S2/c1-19-11-5-4-10-9(3-2-7-14-10)13(11)16-21(17,18)12-6-8-15-20-12/h2-8,16H,1H3. The van der Waals surface area contributed by atoms with E-state index < -0.39 is 10.0 Å². The van der Waals surface area contributed by atoms with Crippen LogP contribution in [0.15, 0.2) is 46.9 Å². The first kappa shape index (κ1) is 13.8. The SMILES string of the molecule is COc1ccc2ncccc2c1NS(=O)(=O)c1ccns1. The van der Waals surface area contributed by atoms with Crippen LogP contribution in [-0.4, -0.2) is 24.9 Å². The smallest absolute Gasteiger partial charge is 0.273 e. The maximum Gasteiger partial charge on any atom is 0.273 e. The van der Waals surface area contributed by atoms with Gasteiger partial charge in [0.1, 0.15) is 11.4 Å². The van der Waals surface area contributed by atoms with E-state index in [1.807, 2.05) is 0 Å². The zero-order valence-electron chi connectivity index (χ0n) is 11.0. The Morgan fingerprint density at radius 2 is 2.05 bits per heavy atom. The highest BCUT2D eigenvalue weighted by molar-refractivity contribution is 7.94. The van der Waals surface area contributed by atoms with Gasteiger partial charge in [0.05, 0.1) is 12.6 Å². The number of ether oxygens (including phenoxy) is 1. The predicted molar refractivity (Wildman–Crippen MR) is 81.2 cm³/mol. The van der Waals surface area contributed by atoms with E-state index in [-0.39, 0.29) is 4.21 Å². The Hall–Kier alpha value is -2.19. The van der Waals surface area contributed by atoms with Crippen molar-refractivity contribution in [3.63, 3.8) is 0 Å². The van der Waals surface area contributed by atoms with E-state index in [4.69, 9.17) is 4.74 Å². The molecule has 1 aromatic carbocycles. The molecule has 3 rings (SSSR count). The van der Waals surface area contributed by atoms with E-state index >= 15 is 0 Å². The summed E-state index contributed by atoms with van der Waals surface area (Å²) in [7, 11) is -2.21. The number of hydrogen-bond donors (Lipinski definition) is 1. The summed E-state index contributed by atoms with van der Waals surface area (Å²) in [6.45, 7) is 0. The van der Waals surface area contributed by atoms with Crippen LogP contribution in [0.4, 0.5) is 5.69 Å². The molecule has 0 aliphatic heterocycles. The van der Waals surface area contributed by atoms with Crippen LogP contribution in [0.1, 0.15) is 0 Å². The molecule has 0 saturated heterocycles. The molecule has 1 N–H and O–H groups in total. The molecule has 0 aliphatic carbocycles. The molecule has 0 atom stereocenters. The van der Waals surface area contributed by atoms with Crippen LogP contribution in [0, 0.1) is 0 Å². The number of hydrogen-bond acceptors (Lipinski definition) is 6. The van der Waals surface area contributed by atoms with E-state index in [9.17, 15) is 8.42 Å². The number of nitrogens with zero attached hydrogens (tertiary/aromatic N) is 2. The van der Waals surface area contributed by atoms with Gasteiger partial charge in [-0.05, 0) is 41.9 Å². The fraction of sp³-hybridized carbons (Fsp3) is 0.0769. The van der Waals surface area contributed by atoms with Crippen molar-refractivity contribution in [2.24, 2.45) is 0 Å². The number of pyridine rings is 1. The molecule has 8 heteroatoms. The first-order valence-corrected chi connectivity index (χ1v) is 8.23. The number of aromatic nitrogens is 2. The van der Waals surface area contributed by atoms with Crippen molar-refractivity contribution < 1.29 is 13.2 Å². The first-order chi connectivity index (χ1) is 10.1. The lowest BCUT2D eigenvalue weighted by Gasteiger charge is -2.13. The lowest BCUT2D eigenvalue weighted by atomic mass is 10.2. The minimum atomic E-state index is -3.70. The molecule has 0 aliphatic rings. The predicted octanol–water partition coefficient (Wildman–Crippen LogP) is 2.50. The number of nitrogens with one attached hydrogen (secondary N) is 1. The second kappa shape index (κ2) is 5.30. The highest BCUT2D eigenvalue weighted by atomic mass is 32.2. The first-order valence-electron chi connectivity index (χ1n) is 5.97. The summed E-state index contributed by atoms with van der Waals surface area (Å²) in [4.78, 5) is 4.21. The molecule has 3 aromatic rings. The average Bonchev–Trinajstić information content (AvgIpc) is 3.02. The molecule has 0 spiro atoms. The Balaban J connectivity index is 2.16. The zero-order valence-corrected chi connectivity index (χ0v) is 12.6. The molecule has 0 amide bonds. The Morgan fingerprint density at radius 3 is 2.76 bits per heavy atom. The fourth-order valence-electron chi connectivity index (χ4n) is 1.94. The van der Waals surface area contributed by atoms with Crippen molar-refractivity contribution in [2.45, 2.75) is 4.21 Å². The Bertz CT molecular complexity index is 877. The third-order valence-electron chi connectivity index (χ3n) is 2.88. The van der Waals surface area contributed by atoms with Gasteiger partial charge >= 0.3 is 0 Å². The Morgan fingerprint density at radius 1 is 1.19 bits per heavy atom. The second-order valence-corrected chi connectivity index (χ2v) is 6.89. The van der Waals surface area contributed by atoms with E-state index in [2.05, 4.69) is 14.1 Å². The van der Waals surface area contributed by atoms with Gasteiger partial charge in [-0.15, -0.1) is 0 Å². The van der Waals surface area contributed by atoms with Crippen LogP contribution >= 0.6 is 11.5 Å². The van der Waals surface area contributed by atoms with Crippen LogP contribution in [0.5, 0.6) is 5.75 Å². The highest BCUT2D eigenvalue weighted by Gasteiger charge is 2.20. The van der Waals surface area contributed by atoms with Gasteiger partial charge in [-0.25, -0.2) is 8.42 Å². The second-order valence-electron chi connectivity index (χ2n) is 4.15. The highest BCUT2D eigenvalue weighted by Crippen LogP contribution is 2.34. The molecule has 0 radical (unpaired) electrons. The molecular formula is C13H11N3O3S2. The van der Waals surface area contributed by atoms with Gasteiger partial charge < -0.3 is 4.74 Å². The van der Waals surface area contributed by atoms with Crippen molar-refractivity contribution in [1.82, 2.24) is 9.36 Å². The van der Waals surface area contributed by atoms with Crippen LogP contribution in [0.2, 0.25) is 0 Å². The summed E-state index contributed by atoms with van der Waals surface area (Å²) in [6, 6.07) is 8.43. The molecular weight excluding hydrogens is 310 g/mol. The fourth-order valence-corrected chi connectivity index (χ4v) is 3.75. The number of rotatable bonds is 4. The van der Waals surface area contributed by atoms with Crippen molar-refractivity contribution in [1.29, 1.82) is 0 Å². The third kappa shape index (κ3) is 2.55. The zero-order chi connectivity index (χ0) is 14.9. The van der Waals surface area contributed by atoms with Crippen molar-refractivity contribution in [2.75, 3.05) is 11.8 Å². The molecule has 6 nitrogen and oxygen atoms in total. The Labute approximate surface area is 125 Å². The summed E-state index contributed by atoms with van der Waals surface area (Å²) < 4.78 is 36.5. The maximum atomic E-state index is 12.4. The monoisotopic (exact) mass is 321 g/mol. The number of methoxy groups -OCH3 is 1. The van der Waals surface area contributed by atoms with Crippen LogP contribution < -0.4 is 9.46 Å². The van der Waals surface area contributed by atoms with Gasteiger partial charge in [0, 0.05) is 17.8 Å². The van der Waals surface area contributed by atoms with Crippen LogP contribution in [-0.2, 0) is 10.0 Å². The lowest BCUT2D eigenvalue weighted by Crippen LogP contribution is -2.12. The summed E-state index contributed by atoms with van der Waals surface area (Å²) in [5, 5.41) is 0.671. The van der Waals surface area contributed by atoms with Gasteiger partial charge in [-0.2, -0.15) is 4.37 Å². The molecule has 108 valence electrons. The van der Waals surface area contributed by atoms with Crippen molar-refractivity contribution in [3.8, 4) is 5.75 Å². The van der Waals surface area contributed by atoms with E-state index in [1.54, 1.807) is 30.5 Å². The molecule has 0 fully saturated rings. The van der Waals surface area contributed by atoms with Gasteiger partial charge in [-0.3, -0.25) is 9.71 Å². The van der Waals surface area contributed by atoms with Gasteiger partial charge in [-0.1, -0.05) is 0 Å². The Kier molecular flexibility index (Phi) is 3.48. The van der Waals surface area contributed by atoms with E-state index in [0.717, 1.165) is 11.5 Å². The topological polar surface area (TPSA) is 81.2 Å². The van der Waals surface area contributed by atoms with Crippen LogP contribution in [0.25, 0.3) is 10.9 Å². The summed E-state index contributed by atoms with van der Waals surface area (Å²) >= 11 is 0.911. The summed E-state index contributed by atoms with van der Waals surface area (Å²) in [5.41, 5.74) is 1.05. The lowest BCUT2D eigenvalue weighted by molar-refractivity contribution is 0.417. The average molecular weight is 321 g/mol. The quantitative estimate of drug-likeness (QED) is 0.798. The van der Waals surface area contributed by atoms with Crippen LogP contribution in [0.3, 0.4) is 0 Å². The third-order valence-corrected chi connectivity index (χ3v) is 5.45. The number of anilines is 1. The molecule has 2 heterocycles. The number of fused-ring (bicyclic) bond motifs is 1. The summed E-state index contributed by atoms with van der Waals surface area (Å²) in [6.07, 6.45) is 3.09. The van der Waals surface area contributed by atoms with Gasteiger partial charge in [0.15, 0.2) is 4.21 Å². The molecule has 0 bridgehead atoms. The number of sulfonamides is 1.